The number of aromatic nitrogens is 2. The fourth-order valence-electron chi connectivity index (χ4n) is 0.253. The van der Waals surface area contributed by atoms with E-state index in [1.165, 1.54) is 0 Å². The zero-order valence-electron chi connectivity index (χ0n) is 6.44. The molecule has 0 aliphatic carbocycles. The van der Waals surface area contributed by atoms with Gasteiger partial charge in [0.05, 0.1) is 0 Å². The van der Waals surface area contributed by atoms with Crippen LogP contribution in [0.4, 0.5) is 0 Å². The standard InChI is InChI=1S/C4H4N2.CH2O2.H3O3P/c1-2-4-6-5-3-1;2-1-3;1-4(2)3/h1-4H;1H,(H,2,3);4H,(H2,1,2,3). The highest BCUT2D eigenvalue weighted by atomic mass is 31.1. The van der Waals surface area contributed by atoms with Crippen molar-refractivity contribution >= 4 is 14.7 Å². The van der Waals surface area contributed by atoms with Crippen LogP contribution in [0.5, 0.6) is 0 Å². The Morgan fingerprint density at radius 2 is 1.38 bits per heavy atom. The summed E-state index contributed by atoms with van der Waals surface area (Å²) in [7, 11) is -3.13. The SMILES string of the molecule is O=CO.O=[PH](O)O.c1ccnnc1. The van der Waals surface area contributed by atoms with E-state index < -0.39 is 8.25 Å². The van der Waals surface area contributed by atoms with E-state index in [1.807, 2.05) is 12.1 Å². The first-order valence-electron chi connectivity index (χ1n) is 2.86. The summed E-state index contributed by atoms with van der Waals surface area (Å²) >= 11 is 0. The summed E-state index contributed by atoms with van der Waals surface area (Å²) in [5.41, 5.74) is 0. The van der Waals surface area contributed by atoms with Gasteiger partial charge in [-0.1, -0.05) is 0 Å². The Hall–Kier alpha value is -1.30. The molecule has 0 bridgehead atoms. The van der Waals surface area contributed by atoms with Gasteiger partial charge in [0.2, 0.25) is 0 Å². The van der Waals surface area contributed by atoms with Gasteiger partial charge in [0.25, 0.3) is 6.47 Å². The van der Waals surface area contributed by atoms with Crippen molar-refractivity contribution in [1.82, 2.24) is 10.2 Å². The van der Waals surface area contributed by atoms with E-state index in [2.05, 4.69) is 10.2 Å². The van der Waals surface area contributed by atoms with E-state index >= 15 is 0 Å². The molecule has 1 rings (SSSR count). The van der Waals surface area contributed by atoms with Crippen LogP contribution in [0.2, 0.25) is 0 Å². The van der Waals surface area contributed by atoms with Crippen molar-refractivity contribution in [2.45, 2.75) is 0 Å². The molecule has 0 spiro atoms. The highest BCUT2D eigenvalue weighted by Crippen LogP contribution is 1.98. The van der Waals surface area contributed by atoms with E-state index in [4.69, 9.17) is 24.3 Å². The lowest BCUT2D eigenvalue weighted by atomic mass is 10.6. The molecule has 13 heavy (non-hydrogen) atoms. The molecule has 1 aromatic heterocycles. The molecule has 0 saturated carbocycles. The minimum Gasteiger partial charge on any atom is -0.483 e. The number of carbonyl (C=O) groups is 1. The lowest BCUT2D eigenvalue weighted by molar-refractivity contribution is -0.122. The topological polar surface area (TPSA) is 121 Å². The van der Waals surface area contributed by atoms with E-state index in [0.717, 1.165) is 0 Å². The number of carboxylic acid groups (broad SMARTS) is 1. The Morgan fingerprint density at radius 1 is 1.15 bits per heavy atom. The maximum atomic E-state index is 8.74. The first kappa shape index (κ1) is 14.2. The lowest BCUT2D eigenvalue weighted by Gasteiger charge is -1.69. The molecule has 0 aliphatic heterocycles. The summed E-state index contributed by atoms with van der Waals surface area (Å²) < 4.78 is 8.74. The van der Waals surface area contributed by atoms with Crippen molar-refractivity contribution < 1.29 is 24.3 Å². The average molecular weight is 208 g/mol. The molecule has 0 atom stereocenters. The molecule has 3 N–H and O–H groups in total. The molecular weight excluding hydrogens is 199 g/mol. The van der Waals surface area contributed by atoms with E-state index in [9.17, 15) is 0 Å². The third-order valence-corrected chi connectivity index (χ3v) is 0.483. The largest absolute Gasteiger partial charge is 0.483 e. The van der Waals surface area contributed by atoms with Crippen LogP contribution in [0.1, 0.15) is 0 Å². The van der Waals surface area contributed by atoms with Crippen LogP contribution in [-0.4, -0.2) is 31.6 Å². The zero-order valence-corrected chi connectivity index (χ0v) is 7.44. The normalized spacial score (nSPS) is 7.31. The van der Waals surface area contributed by atoms with Crippen molar-refractivity contribution in [3.8, 4) is 0 Å². The summed E-state index contributed by atoms with van der Waals surface area (Å²) in [5, 5.41) is 14.0. The Kier molecular flexibility index (Phi) is 14.6. The first-order valence-corrected chi connectivity index (χ1v) is 4.16. The van der Waals surface area contributed by atoms with E-state index in [1.54, 1.807) is 12.4 Å². The zero-order chi connectivity index (χ0) is 10.5. The van der Waals surface area contributed by atoms with Gasteiger partial charge in [-0.3, -0.25) is 9.36 Å². The molecule has 0 unspecified atom stereocenters. The molecule has 0 aromatic carbocycles. The minimum absolute atomic E-state index is 0.250. The molecule has 0 radical (unpaired) electrons. The molecule has 0 aliphatic rings. The van der Waals surface area contributed by atoms with E-state index in [0.29, 0.717) is 0 Å². The Bertz CT molecular complexity index is 189. The van der Waals surface area contributed by atoms with Crippen LogP contribution in [0.3, 0.4) is 0 Å². The van der Waals surface area contributed by atoms with Crippen LogP contribution >= 0.6 is 8.25 Å². The van der Waals surface area contributed by atoms with Crippen LogP contribution in [0.15, 0.2) is 24.5 Å². The quantitative estimate of drug-likeness (QED) is 0.389. The fraction of sp³-hybridized carbons (Fsp3) is 0. The molecule has 7 nitrogen and oxygen atoms in total. The Morgan fingerprint density at radius 3 is 1.46 bits per heavy atom. The third kappa shape index (κ3) is 36.7. The summed E-state index contributed by atoms with van der Waals surface area (Å²) in [6.45, 7) is -0.250. The van der Waals surface area contributed by atoms with Gasteiger partial charge >= 0.3 is 8.25 Å². The van der Waals surface area contributed by atoms with E-state index in [-0.39, 0.29) is 6.47 Å². The van der Waals surface area contributed by atoms with Gasteiger partial charge in [-0.25, -0.2) is 0 Å². The molecule has 0 saturated heterocycles. The molecular formula is C5H9N2O5P. The average Bonchev–Trinajstić information content (AvgIpc) is 2.08. The third-order valence-electron chi connectivity index (χ3n) is 0.483. The lowest BCUT2D eigenvalue weighted by Crippen LogP contribution is -1.69. The second kappa shape index (κ2) is 13.3. The van der Waals surface area contributed by atoms with Crippen molar-refractivity contribution in [3.63, 3.8) is 0 Å². The minimum atomic E-state index is -3.13. The predicted molar refractivity (Wildman–Crippen MR) is 44.2 cm³/mol. The van der Waals surface area contributed by atoms with Gasteiger partial charge in [0, 0.05) is 12.4 Å². The number of hydrogen-bond acceptors (Lipinski definition) is 4. The number of nitrogens with zero attached hydrogens (tertiary/aromatic N) is 2. The maximum absolute atomic E-state index is 8.74. The Balaban J connectivity index is 0. The second-order valence-electron chi connectivity index (χ2n) is 1.30. The van der Waals surface area contributed by atoms with Crippen LogP contribution < -0.4 is 0 Å². The monoisotopic (exact) mass is 208 g/mol. The predicted octanol–water partition coefficient (Wildman–Crippen LogP) is -0.462. The fourth-order valence-corrected chi connectivity index (χ4v) is 0.253. The smallest absolute Gasteiger partial charge is 0.314 e. The van der Waals surface area contributed by atoms with Crippen LogP contribution in [-0.2, 0) is 9.36 Å². The number of rotatable bonds is 0. The molecule has 1 heterocycles. The van der Waals surface area contributed by atoms with Gasteiger partial charge in [-0.2, -0.15) is 10.2 Å². The van der Waals surface area contributed by atoms with Gasteiger partial charge in [0.1, 0.15) is 0 Å². The van der Waals surface area contributed by atoms with Gasteiger partial charge in [-0.15, -0.1) is 0 Å². The van der Waals surface area contributed by atoms with Gasteiger partial charge in [-0.05, 0) is 12.1 Å². The first-order chi connectivity index (χ1) is 6.15. The van der Waals surface area contributed by atoms with Crippen molar-refractivity contribution in [1.29, 1.82) is 0 Å². The van der Waals surface area contributed by atoms with Gasteiger partial charge in [0.15, 0.2) is 0 Å². The highest BCUT2D eigenvalue weighted by molar-refractivity contribution is 7.30. The summed E-state index contributed by atoms with van der Waals surface area (Å²) in [6.07, 6.45) is 3.28. The molecule has 1 aromatic rings. The van der Waals surface area contributed by atoms with Gasteiger partial charge < -0.3 is 14.9 Å². The maximum Gasteiger partial charge on any atom is 0.314 e. The highest BCUT2D eigenvalue weighted by Gasteiger charge is 1.61. The molecule has 8 heteroatoms. The van der Waals surface area contributed by atoms with Crippen molar-refractivity contribution in [3.05, 3.63) is 24.5 Å². The summed E-state index contributed by atoms with van der Waals surface area (Å²) in [5.74, 6) is 0. The summed E-state index contributed by atoms with van der Waals surface area (Å²) in [6, 6.07) is 3.65. The summed E-state index contributed by atoms with van der Waals surface area (Å²) in [4.78, 5) is 22.7. The molecule has 0 fully saturated rings. The van der Waals surface area contributed by atoms with Crippen LogP contribution in [0.25, 0.3) is 0 Å². The number of hydrogen-bond donors (Lipinski definition) is 3. The van der Waals surface area contributed by atoms with Crippen molar-refractivity contribution in [2.75, 3.05) is 0 Å². The van der Waals surface area contributed by atoms with Crippen molar-refractivity contribution in [2.24, 2.45) is 0 Å². The van der Waals surface area contributed by atoms with Crippen LogP contribution in [0, 0.1) is 0 Å². The molecule has 74 valence electrons. The molecule has 0 amide bonds. The second-order valence-corrected chi connectivity index (χ2v) is 1.87. The Labute approximate surface area is 74.6 Å².